The summed E-state index contributed by atoms with van der Waals surface area (Å²) in [6.45, 7) is 3.05. The van der Waals surface area contributed by atoms with Gasteiger partial charge < -0.3 is 14.2 Å². The summed E-state index contributed by atoms with van der Waals surface area (Å²) < 4.78 is 113. The van der Waals surface area contributed by atoms with Crippen LogP contribution < -0.4 is 0 Å². The smallest absolute Gasteiger partial charge is 0.415 e. The highest BCUT2D eigenvalue weighted by molar-refractivity contribution is 5.91. The number of hydrogen-bond acceptors (Lipinski definition) is 4. The van der Waals surface area contributed by atoms with Crippen molar-refractivity contribution in [2.75, 3.05) is 13.2 Å². The molecule has 0 spiro atoms. The maximum atomic E-state index is 15.0. The Balaban J connectivity index is 1.45. The van der Waals surface area contributed by atoms with Gasteiger partial charge >= 0.3 is 12.1 Å². The summed E-state index contributed by atoms with van der Waals surface area (Å²) in [4.78, 5) is 12.4. The molecule has 1 aliphatic carbocycles. The van der Waals surface area contributed by atoms with Gasteiger partial charge in [0.1, 0.15) is 34.9 Å². The second-order valence-electron chi connectivity index (χ2n) is 9.73. The van der Waals surface area contributed by atoms with E-state index in [-0.39, 0.29) is 17.0 Å². The van der Waals surface area contributed by atoms with Gasteiger partial charge in [0.05, 0.1) is 18.8 Å². The molecule has 1 unspecified atom stereocenters. The number of rotatable bonds is 8. The Bertz CT molecular complexity index is 1270. The lowest BCUT2D eigenvalue weighted by Gasteiger charge is -2.29. The van der Waals surface area contributed by atoms with E-state index >= 15 is 0 Å². The Morgan fingerprint density at radius 3 is 2.23 bits per heavy atom. The average molecular weight is 573 g/mol. The van der Waals surface area contributed by atoms with Crippen molar-refractivity contribution in [3.8, 4) is 11.1 Å². The third kappa shape index (κ3) is 6.93. The largest absolute Gasteiger partial charge is 0.427 e. The molecular weight excluding hydrogens is 545 g/mol. The Morgan fingerprint density at radius 1 is 0.975 bits per heavy atom. The number of alkyl halides is 4. The monoisotopic (exact) mass is 572 g/mol. The topological polar surface area (TPSA) is 44.8 Å². The lowest BCUT2D eigenvalue weighted by Crippen LogP contribution is -2.27. The van der Waals surface area contributed by atoms with Crippen molar-refractivity contribution in [1.29, 1.82) is 0 Å². The number of carbonyl (C=O) groups is 1. The molecule has 0 N–H and O–H groups in total. The Labute approximate surface area is 226 Å². The van der Waals surface area contributed by atoms with Crippen LogP contribution in [0, 0.1) is 23.4 Å². The molecule has 2 aromatic carbocycles. The van der Waals surface area contributed by atoms with E-state index in [4.69, 9.17) is 14.2 Å². The molecule has 2 aromatic rings. The summed E-state index contributed by atoms with van der Waals surface area (Å²) in [5.41, 5.74) is -2.59. The summed E-state index contributed by atoms with van der Waals surface area (Å²) in [5, 5.41) is 0. The van der Waals surface area contributed by atoms with Gasteiger partial charge in [-0.3, -0.25) is 0 Å². The van der Waals surface area contributed by atoms with Crippen LogP contribution in [0.3, 0.4) is 0 Å². The van der Waals surface area contributed by atoms with Gasteiger partial charge in [0.15, 0.2) is 6.29 Å². The molecule has 1 fully saturated rings. The lowest BCUT2D eigenvalue weighted by molar-refractivity contribution is -0.206. The van der Waals surface area contributed by atoms with Gasteiger partial charge in [-0.15, -0.1) is 0 Å². The predicted octanol–water partition coefficient (Wildman–Crippen LogP) is 8.28. The van der Waals surface area contributed by atoms with Gasteiger partial charge in [0.25, 0.3) is 0 Å². The second-order valence-corrected chi connectivity index (χ2v) is 9.73. The first-order valence-corrected chi connectivity index (χ1v) is 12.8. The van der Waals surface area contributed by atoms with Gasteiger partial charge in [-0.25, -0.2) is 22.4 Å². The molecule has 0 radical (unpaired) electrons. The predicted molar refractivity (Wildman–Crippen MR) is 131 cm³/mol. The van der Waals surface area contributed by atoms with Crippen LogP contribution in [0.5, 0.6) is 0 Å². The maximum Gasteiger partial charge on any atom is 0.415 e. The zero-order valence-electron chi connectivity index (χ0n) is 21.5. The molecule has 216 valence electrons. The minimum Gasteiger partial charge on any atom is -0.427 e. The van der Waals surface area contributed by atoms with Crippen molar-refractivity contribution >= 4 is 5.97 Å². The second kappa shape index (κ2) is 12.6. The first-order valence-electron chi connectivity index (χ1n) is 12.8. The maximum absolute atomic E-state index is 15.0. The number of halogens is 7. The molecule has 4 rings (SSSR count). The number of hydrogen-bond donors (Lipinski definition) is 0. The van der Waals surface area contributed by atoms with Gasteiger partial charge in [0.2, 0.25) is 0 Å². The van der Waals surface area contributed by atoms with Crippen LogP contribution in [0.2, 0.25) is 0 Å². The van der Waals surface area contributed by atoms with Crippen LogP contribution in [0.4, 0.5) is 30.7 Å². The molecule has 1 heterocycles. The highest BCUT2D eigenvalue weighted by Crippen LogP contribution is 2.36. The van der Waals surface area contributed by atoms with Crippen LogP contribution in [-0.4, -0.2) is 31.5 Å². The summed E-state index contributed by atoms with van der Waals surface area (Å²) >= 11 is 0. The summed E-state index contributed by atoms with van der Waals surface area (Å²) in [6, 6.07) is 5.39. The van der Waals surface area contributed by atoms with E-state index in [1.165, 1.54) is 12.1 Å². The molecule has 1 aliphatic heterocycles. The number of esters is 1. The van der Waals surface area contributed by atoms with Crippen molar-refractivity contribution in [3.63, 3.8) is 0 Å². The molecule has 0 bridgehead atoms. The van der Waals surface area contributed by atoms with Crippen LogP contribution in [0.15, 0.2) is 53.8 Å². The zero-order chi connectivity index (χ0) is 29.0. The third-order valence-corrected chi connectivity index (χ3v) is 6.72. The standard InChI is InChI=1S/C29H27F7O4/c1-2-3-4-5-16-14-38-28(39-15-16)17-6-8-20(22(30)10-17)18-11-24(32)26(25(33)12-18)27(37)40-19-7-9-21(23(31)13-19)29(34,35)36/h6-12,16,23,28H,2-5,13-15H2,1H3. The molecule has 4 nitrogen and oxygen atoms in total. The number of benzene rings is 2. The highest BCUT2D eigenvalue weighted by atomic mass is 19.4. The van der Waals surface area contributed by atoms with E-state index in [1.54, 1.807) is 0 Å². The molecular formula is C29H27F7O4. The Kier molecular flexibility index (Phi) is 9.35. The van der Waals surface area contributed by atoms with Crippen molar-refractivity contribution in [2.45, 2.75) is 57.7 Å². The number of ether oxygens (including phenoxy) is 3. The molecule has 2 aliphatic rings. The van der Waals surface area contributed by atoms with Gasteiger partial charge in [-0.1, -0.05) is 38.3 Å². The fraction of sp³-hybridized carbons (Fsp3) is 0.414. The molecule has 0 saturated carbocycles. The summed E-state index contributed by atoms with van der Waals surface area (Å²) in [5.74, 6) is -5.44. The van der Waals surface area contributed by atoms with Crippen molar-refractivity contribution < 1.29 is 49.7 Å². The van der Waals surface area contributed by atoms with E-state index < -0.39 is 65.4 Å². The van der Waals surface area contributed by atoms with Gasteiger partial charge in [-0.2, -0.15) is 13.2 Å². The molecule has 40 heavy (non-hydrogen) atoms. The van der Waals surface area contributed by atoms with Gasteiger partial charge in [0, 0.05) is 23.5 Å². The van der Waals surface area contributed by atoms with E-state index in [2.05, 4.69) is 6.92 Å². The number of allylic oxidation sites excluding steroid dienone is 4. The third-order valence-electron chi connectivity index (χ3n) is 6.72. The molecule has 1 saturated heterocycles. The van der Waals surface area contributed by atoms with E-state index in [0.717, 1.165) is 43.9 Å². The molecule has 11 heteroatoms. The van der Waals surface area contributed by atoms with Crippen LogP contribution in [0.1, 0.15) is 61.2 Å². The average Bonchev–Trinajstić information content (AvgIpc) is 2.88. The Hall–Kier alpha value is -3.18. The quantitative estimate of drug-likeness (QED) is 0.181. The van der Waals surface area contributed by atoms with Crippen LogP contribution in [0.25, 0.3) is 11.1 Å². The van der Waals surface area contributed by atoms with Crippen LogP contribution >= 0.6 is 0 Å². The van der Waals surface area contributed by atoms with Gasteiger partial charge in [-0.05, 0) is 42.3 Å². The highest BCUT2D eigenvalue weighted by Gasteiger charge is 2.41. The minimum atomic E-state index is -4.92. The Morgan fingerprint density at radius 2 is 1.65 bits per heavy atom. The van der Waals surface area contributed by atoms with E-state index in [1.807, 2.05) is 0 Å². The number of carbonyl (C=O) groups excluding carboxylic acids is 1. The van der Waals surface area contributed by atoms with Crippen molar-refractivity contribution in [2.24, 2.45) is 5.92 Å². The molecule has 0 amide bonds. The molecule has 0 aromatic heterocycles. The molecule has 1 atom stereocenters. The van der Waals surface area contributed by atoms with Crippen molar-refractivity contribution in [3.05, 3.63) is 82.4 Å². The van der Waals surface area contributed by atoms with Crippen molar-refractivity contribution in [1.82, 2.24) is 0 Å². The van der Waals surface area contributed by atoms with E-state index in [9.17, 15) is 35.5 Å². The fourth-order valence-electron chi connectivity index (χ4n) is 4.58. The SMILES string of the molecule is CCCCCC1COC(c2ccc(-c3cc(F)c(C(=O)OC4=CC=C(C(F)(F)F)C(F)C4)c(F)c3)c(F)c2)OC1. The first-order chi connectivity index (χ1) is 19.0. The van der Waals surface area contributed by atoms with E-state index in [0.29, 0.717) is 30.9 Å². The normalized spacial score (nSPS) is 21.6. The summed E-state index contributed by atoms with van der Waals surface area (Å²) in [6.07, 6.45) is -3.76. The first kappa shape index (κ1) is 29.8. The fourth-order valence-corrected chi connectivity index (χ4v) is 4.58. The minimum absolute atomic E-state index is 0.158. The number of unbranched alkanes of at least 4 members (excludes halogenated alkanes) is 2. The lowest BCUT2D eigenvalue weighted by atomic mass is 9.99. The summed E-state index contributed by atoms with van der Waals surface area (Å²) in [7, 11) is 0. The zero-order valence-corrected chi connectivity index (χ0v) is 21.5. The van der Waals surface area contributed by atoms with Crippen LogP contribution in [-0.2, 0) is 14.2 Å².